The zero-order valence-electron chi connectivity index (χ0n) is 11.2. The van der Waals surface area contributed by atoms with Crippen LogP contribution in [0, 0.1) is 11.8 Å². The van der Waals surface area contributed by atoms with Crippen molar-refractivity contribution in [1.82, 2.24) is 4.90 Å². The molecule has 0 aromatic rings. The summed E-state index contributed by atoms with van der Waals surface area (Å²) < 4.78 is 0. The van der Waals surface area contributed by atoms with Crippen LogP contribution in [-0.4, -0.2) is 41.7 Å². The summed E-state index contributed by atoms with van der Waals surface area (Å²) in [6, 6.07) is 0.235. The highest BCUT2D eigenvalue weighted by Crippen LogP contribution is 2.28. The van der Waals surface area contributed by atoms with Crippen molar-refractivity contribution < 1.29 is 9.90 Å². The Hall–Kier alpha value is -0.610. The summed E-state index contributed by atoms with van der Waals surface area (Å²) in [6.45, 7) is 3.23. The van der Waals surface area contributed by atoms with E-state index in [1.54, 1.807) is 0 Å². The summed E-state index contributed by atoms with van der Waals surface area (Å²) in [5, 5.41) is 8.76. The predicted octanol–water partition coefficient (Wildman–Crippen LogP) is 1.69. The van der Waals surface area contributed by atoms with E-state index in [4.69, 9.17) is 10.8 Å². The fraction of sp³-hybridized carbons (Fsp3) is 0.929. The van der Waals surface area contributed by atoms with Gasteiger partial charge in [-0.2, -0.15) is 0 Å². The lowest BCUT2D eigenvalue weighted by molar-refractivity contribution is -0.137. The van der Waals surface area contributed by atoms with Crippen LogP contribution in [0.25, 0.3) is 0 Å². The van der Waals surface area contributed by atoms with Gasteiger partial charge in [0.25, 0.3) is 0 Å². The van der Waals surface area contributed by atoms with Crippen LogP contribution < -0.4 is 5.73 Å². The summed E-state index contributed by atoms with van der Waals surface area (Å²) in [4.78, 5) is 13.1. The third-order valence-corrected chi connectivity index (χ3v) is 4.40. The van der Waals surface area contributed by atoms with E-state index in [-0.39, 0.29) is 12.5 Å². The van der Waals surface area contributed by atoms with Crippen molar-refractivity contribution in [1.29, 1.82) is 0 Å². The predicted molar refractivity (Wildman–Crippen MR) is 71.4 cm³/mol. The molecule has 0 amide bonds. The second-order valence-corrected chi connectivity index (χ2v) is 6.16. The number of carbonyl (C=O) groups is 1. The fourth-order valence-corrected chi connectivity index (χ4v) is 3.59. The third-order valence-electron chi connectivity index (χ3n) is 4.40. The van der Waals surface area contributed by atoms with Gasteiger partial charge in [-0.25, -0.2) is 0 Å². The van der Waals surface area contributed by atoms with E-state index < -0.39 is 5.97 Å². The van der Waals surface area contributed by atoms with Crippen LogP contribution in [-0.2, 0) is 4.79 Å². The van der Waals surface area contributed by atoms with Gasteiger partial charge in [0.2, 0.25) is 0 Å². The lowest BCUT2D eigenvalue weighted by Crippen LogP contribution is -2.48. The number of aliphatic carboxylic acids is 1. The molecule has 1 heterocycles. The van der Waals surface area contributed by atoms with Gasteiger partial charge in [-0.3, -0.25) is 4.79 Å². The lowest BCUT2D eigenvalue weighted by atomic mass is 9.90. The Morgan fingerprint density at radius 2 is 1.94 bits per heavy atom. The summed E-state index contributed by atoms with van der Waals surface area (Å²) in [6.07, 6.45) is 7.56. The number of likely N-dealkylation sites (tertiary alicyclic amines) is 1. The molecular formula is C14H26N2O2. The maximum absolute atomic E-state index is 10.6. The molecule has 0 aromatic carbocycles. The fourth-order valence-electron chi connectivity index (χ4n) is 3.59. The minimum absolute atomic E-state index is 0.235. The Balaban J connectivity index is 1.77. The summed E-state index contributed by atoms with van der Waals surface area (Å²) >= 11 is 0. The number of hydrogen-bond acceptors (Lipinski definition) is 3. The minimum Gasteiger partial charge on any atom is -0.481 e. The molecule has 104 valence electrons. The maximum Gasteiger partial charge on any atom is 0.303 e. The second-order valence-electron chi connectivity index (χ2n) is 6.16. The third kappa shape index (κ3) is 4.25. The van der Waals surface area contributed by atoms with Gasteiger partial charge >= 0.3 is 5.97 Å². The van der Waals surface area contributed by atoms with E-state index in [0.29, 0.717) is 5.92 Å². The summed E-state index contributed by atoms with van der Waals surface area (Å²) in [5.41, 5.74) is 6.11. The SMILES string of the molecule is NC1CC(CCC(=O)O)CN(CC2CCCC2)C1. The molecule has 18 heavy (non-hydrogen) atoms. The number of hydrogen-bond donors (Lipinski definition) is 2. The van der Waals surface area contributed by atoms with Gasteiger partial charge in [0.1, 0.15) is 0 Å². The largest absolute Gasteiger partial charge is 0.481 e. The molecular weight excluding hydrogens is 228 g/mol. The van der Waals surface area contributed by atoms with Gasteiger partial charge in [0.05, 0.1) is 0 Å². The van der Waals surface area contributed by atoms with E-state index in [1.807, 2.05) is 0 Å². The van der Waals surface area contributed by atoms with Crippen LogP contribution >= 0.6 is 0 Å². The number of nitrogens with zero attached hydrogens (tertiary/aromatic N) is 1. The molecule has 2 aliphatic rings. The Bertz CT molecular complexity index is 277. The van der Waals surface area contributed by atoms with Gasteiger partial charge in [-0.05, 0) is 37.5 Å². The number of nitrogens with two attached hydrogens (primary N) is 1. The van der Waals surface area contributed by atoms with Gasteiger partial charge in [0.15, 0.2) is 0 Å². The van der Waals surface area contributed by atoms with Crippen LogP contribution in [0.3, 0.4) is 0 Å². The van der Waals surface area contributed by atoms with E-state index in [0.717, 1.165) is 31.8 Å². The Labute approximate surface area is 110 Å². The Morgan fingerprint density at radius 3 is 2.61 bits per heavy atom. The average molecular weight is 254 g/mol. The van der Waals surface area contributed by atoms with E-state index in [9.17, 15) is 4.79 Å². The smallest absolute Gasteiger partial charge is 0.303 e. The Kier molecular flexibility index (Phi) is 5.01. The molecule has 0 spiro atoms. The van der Waals surface area contributed by atoms with Crippen molar-refractivity contribution in [2.45, 2.75) is 51.0 Å². The molecule has 2 atom stereocenters. The average Bonchev–Trinajstić information content (AvgIpc) is 2.78. The number of piperidine rings is 1. The van der Waals surface area contributed by atoms with Crippen molar-refractivity contribution in [3.05, 3.63) is 0 Å². The molecule has 1 saturated heterocycles. The summed E-state index contributed by atoms with van der Waals surface area (Å²) in [7, 11) is 0. The molecule has 2 fully saturated rings. The first kappa shape index (κ1) is 13.8. The standard InChI is InChI=1S/C14H26N2O2/c15-13-7-12(5-6-14(17)18)9-16(10-13)8-11-3-1-2-4-11/h11-13H,1-10,15H2,(H,17,18). The van der Waals surface area contributed by atoms with Crippen molar-refractivity contribution in [3.63, 3.8) is 0 Å². The molecule has 1 saturated carbocycles. The highest BCUT2D eigenvalue weighted by Gasteiger charge is 2.27. The molecule has 4 nitrogen and oxygen atoms in total. The van der Waals surface area contributed by atoms with Crippen molar-refractivity contribution in [2.24, 2.45) is 17.6 Å². The lowest BCUT2D eigenvalue weighted by Gasteiger charge is -2.37. The van der Waals surface area contributed by atoms with E-state index in [2.05, 4.69) is 4.90 Å². The monoisotopic (exact) mass is 254 g/mol. The van der Waals surface area contributed by atoms with Crippen molar-refractivity contribution in [2.75, 3.05) is 19.6 Å². The van der Waals surface area contributed by atoms with Gasteiger partial charge in [-0.15, -0.1) is 0 Å². The van der Waals surface area contributed by atoms with E-state index in [1.165, 1.54) is 32.2 Å². The molecule has 2 unspecified atom stereocenters. The van der Waals surface area contributed by atoms with Crippen molar-refractivity contribution in [3.8, 4) is 0 Å². The first-order chi connectivity index (χ1) is 8.63. The normalized spacial score (nSPS) is 30.7. The second kappa shape index (κ2) is 6.53. The topological polar surface area (TPSA) is 66.6 Å². The highest BCUT2D eigenvalue weighted by molar-refractivity contribution is 5.66. The minimum atomic E-state index is -0.684. The Morgan fingerprint density at radius 1 is 1.22 bits per heavy atom. The first-order valence-electron chi connectivity index (χ1n) is 7.33. The van der Waals surface area contributed by atoms with Crippen LogP contribution in [0.1, 0.15) is 44.9 Å². The highest BCUT2D eigenvalue weighted by atomic mass is 16.4. The molecule has 0 aromatic heterocycles. The zero-order chi connectivity index (χ0) is 13.0. The molecule has 1 aliphatic heterocycles. The van der Waals surface area contributed by atoms with E-state index >= 15 is 0 Å². The molecule has 1 aliphatic carbocycles. The van der Waals surface area contributed by atoms with Crippen LogP contribution in [0.15, 0.2) is 0 Å². The molecule has 0 radical (unpaired) electrons. The molecule has 0 bridgehead atoms. The van der Waals surface area contributed by atoms with Crippen LogP contribution in [0.2, 0.25) is 0 Å². The molecule has 2 rings (SSSR count). The molecule has 4 heteroatoms. The molecule has 3 N–H and O–H groups in total. The number of carboxylic acid groups (broad SMARTS) is 1. The van der Waals surface area contributed by atoms with Crippen LogP contribution in [0.5, 0.6) is 0 Å². The maximum atomic E-state index is 10.6. The van der Waals surface area contributed by atoms with Gasteiger partial charge in [0, 0.05) is 32.1 Å². The van der Waals surface area contributed by atoms with Gasteiger partial charge in [-0.1, -0.05) is 12.8 Å². The number of carboxylic acids is 1. The van der Waals surface area contributed by atoms with Crippen LogP contribution in [0.4, 0.5) is 0 Å². The summed E-state index contributed by atoms with van der Waals surface area (Å²) in [5.74, 6) is 0.651. The van der Waals surface area contributed by atoms with Gasteiger partial charge < -0.3 is 15.7 Å². The first-order valence-corrected chi connectivity index (χ1v) is 7.33. The number of rotatable bonds is 5. The zero-order valence-corrected chi connectivity index (χ0v) is 11.2. The quantitative estimate of drug-likeness (QED) is 0.783. The van der Waals surface area contributed by atoms with Crippen molar-refractivity contribution >= 4 is 5.97 Å².